The molecule has 1 aromatic heterocycles. The highest BCUT2D eigenvalue weighted by atomic mass is 19.1. The molecule has 0 radical (unpaired) electrons. The highest BCUT2D eigenvalue weighted by Gasteiger charge is 2.53. The molecule has 36 heavy (non-hydrogen) atoms. The van der Waals surface area contributed by atoms with E-state index in [9.17, 15) is 27.6 Å². The van der Waals surface area contributed by atoms with Crippen molar-refractivity contribution in [1.29, 1.82) is 0 Å². The van der Waals surface area contributed by atoms with Crippen molar-refractivity contribution in [2.45, 2.75) is 44.2 Å². The summed E-state index contributed by atoms with van der Waals surface area (Å²) in [4.78, 5) is 41.3. The molecule has 2 bridgehead atoms. The van der Waals surface area contributed by atoms with Crippen LogP contribution in [0.5, 0.6) is 5.75 Å². The predicted octanol–water partition coefficient (Wildman–Crippen LogP) is 2.13. The van der Waals surface area contributed by atoms with E-state index < -0.39 is 64.2 Å². The van der Waals surface area contributed by atoms with Crippen LogP contribution in [0, 0.1) is 17.5 Å². The summed E-state index contributed by atoms with van der Waals surface area (Å²) in [6, 6.07) is 0.259. The average Bonchev–Trinajstić information content (AvgIpc) is 3.27. The number of aromatic nitrogens is 1. The Morgan fingerprint density at radius 3 is 2.50 bits per heavy atom. The summed E-state index contributed by atoms with van der Waals surface area (Å²) in [5, 5.41) is 2.29. The van der Waals surface area contributed by atoms with E-state index in [0.717, 1.165) is 0 Å². The van der Waals surface area contributed by atoms with Gasteiger partial charge in [0.2, 0.25) is 5.43 Å². The number of amides is 2. The molecule has 192 valence electrons. The molecule has 3 aliphatic rings. The Kier molecular flexibility index (Phi) is 6.03. The molecule has 0 saturated carbocycles. The third-order valence-electron chi connectivity index (χ3n) is 7.07. The number of hydrogen-bond acceptors (Lipinski definition) is 6. The summed E-state index contributed by atoms with van der Waals surface area (Å²) in [7, 11) is 1.21. The summed E-state index contributed by atoms with van der Waals surface area (Å²) in [5.41, 5.74) is -1.85. The van der Waals surface area contributed by atoms with Crippen LogP contribution >= 0.6 is 0 Å². The van der Waals surface area contributed by atoms with Gasteiger partial charge in [0, 0.05) is 49.4 Å². The number of nitrogens with one attached hydrogen (secondary N) is 1. The molecule has 9 nitrogen and oxygen atoms in total. The van der Waals surface area contributed by atoms with Gasteiger partial charge in [0.15, 0.2) is 17.2 Å². The first-order chi connectivity index (χ1) is 17.2. The van der Waals surface area contributed by atoms with E-state index in [1.165, 1.54) is 17.9 Å². The molecule has 1 spiro atoms. The van der Waals surface area contributed by atoms with Gasteiger partial charge in [-0.2, -0.15) is 0 Å². The van der Waals surface area contributed by atoms with Gasteiger partial charge in [0.05, 0.1) is 20.3 Å². The zero-order chi connectivity index (χ0) is 25.8. The number of ether oxygens (including phenoxy) is 3. The van der Waals surface area contributed by atoms with Gasteiger partial charge in [-0.05, 0) is 13.3 Å². The van der Waals surface area contributed by atoms with Gasteiger partial charge >= 0.3 is 0 Å². The Balaban J connectivity index is 1.57. The summed E-state index contributed by atoms with van der Waals surface area (Å²) in [6.07, 6.45) is 2.32. The number of fused-ring (bicyclic) bond motifs is 5. The van der Waals surface area contributed by atoms with Gasteiger partial charge in [-0.1, -0.05) is 0 Å². The van der Waals surface area contributed by atoms with E-state index in [0.29, 0.717) is 38.2 Å². The van der Waals surface area contributed by atoms with E-state index in [2.05, 4.69) is 5.32 Å². The SMILES string of the molecule is COc1c2n(cc(C(=O)NCc3c(F)cc(F)cc3F)c1=O)C1CN(C2=O)C(C)CCC12OCCO2. The zero-order valence-electron chi connectivity index (χ0n) is 19.6. The van der Waals surface area contributed by atoms with Gasteiger partial charge in [-0.15, -0.1) is 0 Å². The van der Waals surface area contributed by atoms with E-state index in [1.807, 2.05) is 6.92 Å². The van der Waals surface area contributed by atoms with Crippen LogP contribution in [0.2, 0.25) is 0 Å². The quantitative estimate of drug-likeness (QED) is 0.681. The van der Waals surface area contributed by atoms with Gasteiger partial charge in [-0.3, -0.25) is 14.4 Å². The number of carbonyl (C=O) groups is 2. The lowest BCUT2D eigenvalue weighted by Crippen LogP contribution is -2.52. The Morgan fingerprint density at radius 2 is 1.86 bits per heavy atom. The number of nitrogens with zero attached hydrogens (tertiary/aromatic N) is 2. The minimum atomic E-state index is -1.18. The molecule has 2 aromatic rings. The van der Waals surface area contributed by atoms with Crippen molar-refractivity contribution in [1.82, 2.24) is 14.8 Å². The fourth-order valence-corrected chi connectivity index (χ4v) is 5.18. The molecule has 2 unspecified atom stereocenters. The van der Waals surface area contributed by atoms with Crippen LogP contribution in [-0.2, 0) is 16.0 Å². The van der Waals surface area contributed by atoms with Crippen LogP contribution in [0.4, 0.5) is 13.2 Å². The van der Waals surface area contributed by atoms with Gasteiger partial charge in [0.1, 0.15) is 29.1 Å². The summed E-state index contributed by atoms with van der Waals surface area (Å²) < 4.78 is 60.1. The normalized spacial score (nSPS) is 22.4. The van der Waals surface area contributed by atoms with Crippen LogP contribution in [0.1, 0.15) is 52.2 Å². The topological polar surface area (TPSA) is 99.1 Å². The molecule has 3 aliphatic heterocycles. The second-order valence-corrected chi connectivity index (χ2v) is 9.06. The first-order valence-corrected chi connectivity index (χ1v) is 11.5. The van der Waals surface area contributed by atoms with Gasteiger partial charge < -0.3 is 29.0 Å². The maximum absolute atomic E-state index is 14.0. The monoisotopic (exact) mass is 507 g/mol. The van der Waals surface area contributed by atoms with Crippen LogP contribution in [-0.4, -0.2) is 60.0 Å². The van der Waals surface area contributed by atoms with Crippen molar-refractivity contribution in [3.8, 4) is 5.75 Å². The van der Waals surface area contributed by atoms with Crippen LogP contribution < -0.4 is 15.5 Å². The summed E-state index contributed by atoms with van der Waals surface area (Å²) in [6.45, 7) is 2.20. The van der Waals surface area contributed by atoms with E-state index in [4.69, 9.17) is 14.2 Å². The second-order valence-electron chi connectivity index (χ2n) is 9.06. The average molecular weight is 507 g/mol. The minimum Gasteiger partial charge on any atom is -0.491 e. The molecular formula is C24H24F3N3O6. The molecular weight excluding hydrogens is 483 g/mol. The molecule has 2 amide bonds. The molecule has 2 atom stereocenters. The van der Waals surface area contributed by atoms with Crippen molar-refractivity contribution < 1.29 is 37.0 Å². The molecule has 4 heterocycles. The Bertz CT molecular complexity index is 1280. The van der Waals surface area contributed by atoms with Crippen molar-refractivity contribution in [3.63, 3.8) is 0 Å². The Labute approximate surface area is 203 Å². The zero-order valence-corrected chi connectivity index (χ0v) is 19.6. The summed E-state index contributed by atoms with van der Waals surface area (Å²) in [5.74, 6) is -6.22. The van der Waals surface area contributed by atoms with Crippen LogP contribution in [0.3, 0.4) is 0 Å². The molecule has 0 aliphatic carbocycles. The molecule has 5 rings (SSSR count). The van der Waals surface area contributed by atoms with E-state index in [-0.39, 0.29) is 24.0 Å². The van der Waals surface area contributed by atoms with Crippen molar-refractivity contribution in [2.24, 2.45) is 0 Å². The number of hydrogen-bond donors (Lipinski definition) is 1. The smallest absolute Gasteiger partial charge is 0.274 e. The molecule has 2 saturated heterocycles. The van der Waals surface area contributed by atoms with Gasteiger partial charge in [-0.25, -0.2) is 13.2 Å². The van der Waals surface area contributed by atoms with E-state index >= 15 is 0 Å². The fraction of sp³-hybridized carbons (Fsp3) is 0.458. The number of methoxy groups -OCH3 is 1. The first-order valence-electron chi connectivity index (χ1n) is 11.5. The lowest BCUT2D eigenvalue weighted by Gasteiger charge is -2.42. The van der Waals surface area contributed by atoms with Crippen molar-refractivity contribution in [3.05, 3.63) is 62.8 Å². The third-order valence-corrected chi connectivity index (χ3v) is 7.07. The van der Waals surface area contributed by atoms with Gasteiger partial charge in [0.25, 0.3) is 11.8 Å². The largest absolute Gasteiger partial charge is 0.491 e. The second kappa shape index (κ2) is 8.93. The number of halogens is 3. The maximum Gasteiger partial charge on any atom is 0.274 e. The number of benzene rings is 1. The van der Waals surface area contributed by atoms with Crippen LogP contribution in [0.25, 0.3) is 0 Å². The molecule has 2 fully saturated rings. The fourth-order valence-electron chi connectivity index (χ4n) is 5.18. The maximum atomic E-state index is 14.0. The summed E-state index contributed by atoms with van der Waals surface area (Å²) >= 11 is 0. The molecule has 12 heteroatoms. The number of rotatable bonds is 4. The van der Waals surface area contributed by atoms with E-state index in [1.54, 1.807) is 4.90 Å². The predicted molar refractivity (Wildman–Crippen MR) is 118 cm³/mol. The van der Waals surface area contributed by atoms with Crippen LogP contribution in [0.15, 0.2) is 23.1 Å². The first kappa shape index (κ1) is 24.3. The lowest BCUT2D eigenvalue weighted by molar-refractivity contribution is -0.193. The highest BCUT2D eigenvalue weighted by Crippen LogP contribution is 2.44. The Hall–Kier alpha value is -3.38. The van der Waals surface area contributed by atoms with Crippen molar-refractivity contribution >= 4 is 11.8 Å². The molecule has 1 aromatic carbocycles. The standard InChI is InChI=1S/C24H24F3N3O6/c1-12-3-4-24(35-5-6-36-24)18-11-29(12)23(33)19-21(34-2)20(31)15(10-30(18)19)22(32)28-9-14-16(26)7-13(25)8-17(14)27/h7-8,10,12,18H,3-6,9,11H2,1-2H3,(H,28,32). The number of carbonyl (C=O) groups excluding carboxylic acids is 2. The molecule has 1 N–H and O–H groups in total. The van der Waals surface area contributed by atoms with Crippen molar-refractivity contribution in [2.75, 3.05) is 26.9 Å². The number of pyridine rings is 1. The minimum absolute atomic E-state index is 0.0295. The third kappa shape index (κ3) is 3.75. The Morgan fingerprint density at radius 1 is 1.19 bits per heavy atom. The lowest BCUT2D eigenvalue weighted by atomic mass is 9.99. The highest BCUT2D eigenvalue weighted by molar-refractivity contribution is 5.99.